The van der Waals surface area contributed by atoms with Gasteiger partial charge in [0.15, 0.2) is 0 Å². The fraction of sp³-hybridized carbons (Fsp3) is 0.417. The quantitative estimate of drug-likeness (QED) is 0.767. The van der Waals surface area contributed by atoms with Crippen molar-refractivity contribution in [2.45, 2.75) is 19.3 Å². The molecule has 0 unspecified atom stereocenters. The molecule has 0 fully saturated rings. The molecule has 0 spiro atoms. The van der Waals surface area contributed by atoms with Crippen LogP contribution >= 0.6 is 11.6 Å². The minimum absolute atomic E-state index is 0.0648. The summed E-state index contributed by atoms with van der Waals surface area (Å²) < 4.78 is 13.4. The number of carbonyl (C=O) groups excluding carboxylic acids is 1. The van der Waals surface area contributed by atoms with E-state index in [1.54, 1.807) is 6.07 Å². The molecule has 1 amide bonds. The molecule has 3 nitrogen and oxygen atoms in total. The molecule has 0 atom stereocenters. The summed E-state index contributed by atoms with van der Waals surface area (Å²) in [5.74, 6) is -0.738. The highest BCUT2D eigenvalue weighted by Crippen LogP contribution is 2.19. The van der Waals surface area contributed by atoms with Crippen molar-refractivity contribution in [3.05, 3.63) is 34.6 Å². The molecule has 0 aliphatic carbocycles. The van der Waals surface area contributed by atoms with Crippen LogP contribution in [0, 0.1) is 5.82 Å². The van der Waals surface area contributed by atoms with Crippen molar-refractivity contribution in [3.63, 3.8) is 0 Å². The van der Waals surface area contributed by atoms with Crippen LogP contribution in [-0.2, 0) is 11.2 Å². The summed E-state index contributed by atoms with van der Waals surface area (Å²) in [6, 6.07) is 4.33. The van der Waals surface area contributed by atoms with Crippen molar-refractivity contribution >= 4 is 17.5 Å². The van der Waals surface area contributed by atoms with E-state index in [1.165, 1.54) is 12.1 Å². The zero-order valence-corrected chi connectivity index (χ0v) is 10.1. The molecule has 0 saturated carbocycles. The van der Waals surface area contributed by atoms with Crippen LogP contribution in [0.2, 0.25) is 5.02 Å². The molecule has 17 heavy (non-hydrogen) atoms. The van der Waals surface area contributed by atoms with Gasteiger partial charge in [0.25, 0.3) is 0 Å². The molecule has 0 saturated heterocycles. The van der Waals surface area contributed by atoms with Crippen LogP contribution < -0.4 is 5.32 Å². The Morgan fingerprint density at radius 2 is 2.18 bits per heavy atom. The van der Waals surface area contributed by atoms with E-state index in [1.807, 2.05) is 0 Å². The Morgan fingerprint density at radius 1 is 1.41 bits per heavy atom. The first-order valence-corrected chi connectivity index (χ1v) is 5.83. The summed E-state index contributed by atoms with van der Waals surface area (Å²) in [4.78, 5) is 11.5. The molecule has 0 aromatic heterocycles. The first-order valence-electron chi connectivity index (χ1n) is 5.45. The van der Waals surface area contributed by atoms with E-state index in [-0.39, 0.29) is 29.5 Å². The molecule has 0 heterocycles. The smallest absolute Gasteiger partial charge is 0.224 e. The Hall–Kier alpha value is -1.13. The average molecular weight is 260 g/mol. The molecule has 0 aliphatic rings. The first kappa shape index (κ1) is 13.9. The monoisotopic (exact) mass is 259 g/mol. The van der Waals surface area contributed by atoms with Crippen molar-refractivity contribution in [2.75, 3.05) is 13.2 Å². The number of hydrogen-bond donors (Lipinski definition) is 2. The molecule has 0 bridgehead atoms. The van der Waals surface area contributed by atoms with E-state index in [4.69, 9.17) is 16.7 Å². The Labute approximate surface area is 105 Å². The molecule has 1 aromatic carbocycles. The highest BCUT2D eigenvalue weighted by Gasteiger charge is 2.11. The number of halogens is 2. The van der Waals surface area contributed by atoms with E-state index in [0.29, 0.717) is 19.4 Å². The molecule has 2 N–H and O–H groups in total. The SMILES string of the molecule is O=C(Cc1c(F)cccc1Cl)NCCCCO. The van der Waals surface area contributed by atoms with Crippen LogP contribution in [0.25, 0.3) is 0 Å². The Morgan fingerprint density at radius 3 is 2.82 bits per heavy atom. The van der Waals surface area contributed by atoms with E-state index in [9.17, 15) is 9.18 Å². The Bertz CT molecular complexity index is 365. The third-order valence-corrected chi connectivity index (χ3v) is 2.66. The average Bonchev–Trinajstić information content (AvgIpc) is 2.30. The van der Waals surface area contributed by atoms with Crippen molar-refractivity contribution in [2.24, 2.45) is 0 Å². The maximum atomic E-state index is 13.4. The van der Waals surface area contributed by atoms with Crippen molar-refractivity contribution in [1.29, 1.82) is 0 Å². The lowest BCUT2D eigenvalue weighted by Gasteiger charge is -2.07. The van der Waals surface area contributed by atoms with Gasteiger partial charge in [-0.1, -0.05) is 17.7 Å². The number of aliphatic hydroxyl groups is 1. The third-order valence-electron chi connectivity index (χ3n) is 2.31. The second kappa shape index (κ2) is 7.25. The fourth-order valence-electron chi connectivity index (χ4n) is 1.39. The summed E-state index contributed by atoms with van der Waals surface area (Å²) in [7, 11) is 0. The number of amides is 1. The number of benzene rings is 1. The minimum Gasteiger partial charge on any atom is -0.396 e. The number of unbranched alkanes of at least 4 members (excludes halogenated alkanes) is 1. The van der Waals surface area contributed by atoms with Crippen LogP contribution in [0.1, 0.15) is 18.4 Å². The van der Waals surface area contributed by atoms with Gasteiger partial charge < -0.3 is 10.4 Å². The zero-order chi connectivity index (χ0) is 12.7. The number of carbonyl (C=O) groups is 1. The van der Waals surface area contributed by atoms with Crippen LogP contribution in [-0.4, -0.2) is 24.2 Å². The lowest BCUT2D eigenvalue weighted by molar-refractivity contribution is -0.120. The van der Waals surface area contributed by atoms with Gasteiger partial charge >= 0.3 is 0 Å². The summed E-state index contributed by atoms with van der Waals surface area (Å²) in [6.07, 6.45) is 1.28. The van der Waals surface area contributed by atoms with E-state index in [2.05, 4.69) is 5.32 Å². The van der Waals surface area contributed by atoms with Crippen molar-refractivity contribution in [3.8, 4) is 0 Å². The molecule has 0 radical (unpaired) electrons. The van der Waals surface area contributed by atoms with Gasteiger partial charge in [0.05, 0.1) is 6.42 Å². The van der Waals surface area contributed by atoms with Gasteiger partial charge in [0.2, 0.25) is 5.91 Å². The normalized spacial score (nSPS) is 10.3. The van der Waals surface area contributed by atoms with Gasteiger partial charge in [-0.25, -0.2) is 4.39 Å². The molecule has 5 heteroatoms. The van der Waals surface area contributed by atoms with E-state index >= 15 is 0 Å². The van der Waals surface area contributed by atoms with Gasteiger partial charge in [-0.2, -0.15) is 0 Å². The number of aliphatic hydroxyl groups excluding tert-OH is 1. The highest BCUT2D eigenvalue weighted by molar-refractivity contribution is 6.31. The molecular weight excluding hydrogens is 245 g/mol. The lowest BCUT2D eigenvalue weighted by Crippen LogP contribution is -2.26. The molecular formula is C12H15ClFNO2. The molecule has 1 rings (SSSR count). The lowest BCUT2D eigenvalue weighted by atomic mass is 10.1. The van der Waals surface area contributed by atoms with Crippen molar-refractivity contribution < 1.29 is 14.3 Å². The van der Waals surface area contributed by atoms with Gasteiger partial charge in [-0.05, 0) is 25.0 Å². The molecule has 0 aliphatic heterocycles. The van der Waals surface area contributed by atoms with E-state index in [0.717, 1.165) is 0 Å². The second-order valence-electron chi connectivity index (χ2n) is 3.66. The maximum Gasteiger partial charge on any atom is 0.224 e. The fourth-order valence-corrected chi connectivity index (χ4v) is 1.62. The largest absolute Gasteiger partial charge is 0.396 e. The van der Waals surface area contributed by atoms with Gasteiger partial charge in [-0.3, -0.25) is 4.79 Å². The predicted octanol–water partition coefficient (Wildman–Crippen LogP) is 1.91. The zero-order valence-electron chi connectivity index (χ0n) is 9.38. The number of nitrogens with one attached hydrogen (secondary N) is 1. The summed E-state index contributed by atoms with van der Waals surface area (Å²) in [5.41, 5.74) is 0.217. The van der Waals surface area contributed by atoms with E-state index < -0.39 is 5.82 Å². The van der Waals surface area contributed by atoms with Gasteiger partial charge in [0, 0.05) is 23.7 Å². The van der Waals surface area contributed by atoms with Gasteiger partial charge in [0.1, 0.15) is 5.82 Å². The van der Waals surface area contributed by atoms with Crippen LogP contribution in [0.5, 0.6) is 0 Å². The summed E-state index contributed by atoms with van der Waals surface area (Å²) in [5, 5.41) is 11.5. The topological polar surface area (TPSA) is 49.3 Å². The third kappa shape index (κ3) is 4.71. The molecule has 94 valence electrons. The van der Waals surface area contributed by atoms with Crippen LogP contribution in [0.15, 0.2) is 18.2 Å². The van der Waals surface area contributed by atoms with Crippen molar-refractivity contribution in [1.82, 2.24) is 5.32 Å². The van der Waals surface area contributed by atoms with Crippen LogP contribution in [0.4, 0.5) is 4.39 Å². The predicted molar refractivity (Wildman–Crippen MR) is 64.4 cm³/mol. The summed E-state index contributed by atoms with van der Waals surface area (Å²) in [6.45, 7) is 0.584. The number of rotatable bonds is 6. The van der Waals surface area contributed by atoms with Gasteiger partial charge in [-0.15, -0.1) is 0 Å². The first-order chi connectivity index (χ1) is 8.15. The minimum atomic E-state index is -0.469. The van der Waals surface area contributed by atoms with Crippen LogP contribution in [0.3, 0.4) is 0 Å². The summed E-state index contributed by atoms with van der Waals surface area (Å²) >= 11 is 5.80. The maximum absolute atomic E-state index is 13.4. The standard InChI is InChI=1S/C12H15ClFNO2/c13-10-4-3-5-11(14)9(10)8-12(17)15-6-1-2-7-16/h3-5,16H,1-2,6-8H2,(H,15,17). The second-order valence-corrected chi connectivity index (χ2v) is 4.06. The molecule has 1 aromatic rings. The number of hydrogen-bond acceptors (Lipinski definition) is 2. The highest BCUT2D eigenvalue weighted by atomic mass is 35.5. The Balaban J connectivity index is 2.45. The Kier molecular flexibility index (Phi) is 5.94.